The molecule has 2 amide bonds. The van der Waals surface area contributed by atoms with Crippen molar-refractivity contribution in [3.05, 3.63) is 101 Å². The van der Waals surface area contributed by atoms with Crippen molar-refractivity contribution in [1.29, 1.82) is 0 Å². The molecule has 0 aliphatic carbocycles. The lowest BCUT2D eigenvalue weighted by Gasteiger charge is -2.22. The second kappa shape index (κ2) is 9.83. The first-order valence-corrected chi connectivity index (χ1v) is 9.93. The van der Waals surface area contributed by atoms with Crippen molar-refractivity contribution in [2.75, 3.05) is 5.32 Å². The summed E-state index contributed by atoms with van der Waals surface area (Å²) < 4.78 is 13.1. The SMILES string of the molecule is CC(C)[C@H](NC(=O)c1ccc(F)cc1)C(=O)Nc1ccccc1Cc1ccccc1. The minimum atomic E-state index is -0.729. The Hall–Kier alpha value is -3.47. The van der Waals surface area contributed by atoms with Gasteiger partial charge in [-0.15, -0.1) is 0 Å². The van der Waals surface area contributed by atoms with Gasteiger partial charge in [0.1, 0.15) is 11.9 Å². The smallest absolute Gasteiger partial charge is 0.251 e. The lowest BCUT2D eigenvalue weighted by molar-refractivity contribution is -0.118. The topological polar surface area (TPSA) is 58.2 Å². The molecule has 1 atom stereocenters. The van der Waals surface area contributed by atoms with Crippen molar-refractivity contribution in [3.8, 4) is 0 Å². The molecule has 0 bridgehead atoms. The summed E-state index contributed by atoms with van der Waals surface area (Å²) in [6, 6.07) is 22.2. The van der Waals surface area contributed by atoms with Crippen LogP contribution in [0, 0.1) is 11.7 Å². The third kappa shape index (κ3) is 5.54. The van der Waals surface area contributed by atoms with Crippen LogP contribution in [0.5, 0.6) is 0 Å². The van der Waals surface area contributed by atoms with Crippen LogP contribution in [0.3, 0.4) is 0 Å². The number of benzene rings is 3. The Labute approximate surface area is 176 Å². The zero-order valence-corrected chi connectivity index (χ0v) is 17.1. The molecule has 0 aliphatic heterocycles. The van der Waals surface area contributed by atoms with Gasteiger partial charge in [0.05, 0.1) is 0 Å². The fourth-order valence-corrected chi connectivity index (χ4v) is 3.18. The number of nitrogens with one attached hydrogen (secondary N) is 2. The second-order valence-electron chi connectivity index (χ2n) is 7.51. The summed E-state index contributed by atoms with van der Waals surface area (Å²) >= 11 is 0. The second-order valence-corrected chi connectivity index (χ2v) is 7.51. The van der Waals surface area contributed by atoms with Crippen LogP contribution in [0.4, 0.5) is 10.1 Å². The van der Waals surface area contributed by atoms with Crippen LogP contribution in [0.2, 0.25) is 0 Å². The number of carbonyl (C=O) groups excluding carboxylic acids is 2. The van der Waals surface area contributed by atoms with Gasteiger partial charge in [0, 0.05) is 11.3 Å². The van der Waals surface area contributed by atoms with E-state index < -0.39 is 17.8 Å². The molecule has 4 nitrogen and oxygen atoms in total. The number of hydrogen-bond acceptors (Lipinski definition) is 2. The van der Waals surface area contributed by atoms with Crippen LogP contribution in [0.25, 0.3) is 0 Å². The average molecular weight is 404 g/mol. The first kappa shape index (κ1) is 21.2. The fraction of sp³-hybridized carbons (Fsp3) is 0.200. The molecule has 0 aliphatic rings. The number of rotatable bonds is 7. The van der Waals surface area contributed by atoms with E-state index in [0.29, 0.717) is 17.7 Å². The lowest BCUT2D eigenvalue weighted by atomic mass is 10.0. The molecule has 154 valence electrons. The van der Waals surface area contributed by atoms with Crippen molar-refractivity contribution in [3.63, 3.8) is 0 Å². The molecule has 0 saturated heterocycles. The van der Waals surface area contributed by atoms with E-state index in [1.165, 1.54) is 24.3 Å². The van der Waals surface area contributed by atoms with Gasteiger partial charge < -0.3 is 10.6 Å². The highest BCUT2D eigenvalue weighted by Crippen LogP contribution is 2.20. The van der Waals surface area contributed by atoms with Gasteiger partial charge in [-0.25, -0.2) is 4.39 Å². The van der Waals surface area contributed by atoms with E-state index in [9.17, 15) is 14.0 Å². The Morgan fingerprint density at radius 2 is 1.50 bits per heavy atom. The molecule has 30 heavy (non-hydrogen) atoms. The largest absolute Gasteiger partial charge is 0.340 e. The van der Waals surface area contributed by atoms with E-state index in [2.05, 4.69) is 10.6 Å². The molecule has 3 rings (SSSR count). The van der Waals surface area contributed by atoms with E-state index in [-0.39, 0.29) is 11.8 Å². The van der Waals surface area contributed by atoms with Crippen LogP contribution in [-0.4, -0.2) is 17.9 Å². The molecule has 2 N–H and O–H groups in total. The Kier molecular flexibility index (Phi) is 6.96. The molecule has 0 fully saturated rings. The quantitative estimate of drug-likeness (QED) is 0.594. The van der Waals surface area contributed by atoms with E-state index in [1.807, 2.05) is 68.4 Å². The van der Waals surface area contributed by atoms with Crippen LogP contribution in [0.1, 0.15) is 35.3 Å². The van der Waals surface area contributed by atoms with E-state index in [1.54, 1.807) is 0 Å². The predicted octanol–water partition coefficient (Wildman–Crippen LogP) is 4.81. The number of anilines is 1. The van der Waals surface area contributed by atoms with Crippen molar-refractivity contribution in [2.24, 2.45) is 5.92 Å². The molecule has 0 spiro atoms. The zero-order chi connectivity index (χ0) is 21.5. The summed E-state index contributed by atoms with van der Waals surface area (Å²) in [5, 5.41) is 5.73. The van der Waals surface area contributed by atoms with Gasteiger partial charge in [-0.2, -0.15) is 0 Å². The van der Waals surface area contributed by atoms with Crippen molar-refractivity contribution in [2.45, 2.75) is 26.3 Å². The number of para-hydroxylation sites is 1. The van der Waals surface area contributed by atoms with E-state index >= 15 is 0 Å². The Bertz CT molecular complexity index is 1000. The molecule has 3 aromatic carbocycles. The van der Waals surface area contributed by atoms with Gasteiger partial charge in [-0.3, -0.25) is 9.59 Å². The van der Waals surface area contributed by atoms with Crippen LogP contribution >= 0.6 is 0 Å². The number of halogens is 1. The summed E-state index contributed by atoms with van der Waals surface area (Å²) in [6.45, 7) is 3.73. The number of amides is 2. The van der Waals surface area contributed by atoms with Crippen LogP contribution < -0.4 is 10.6 Å². The predicted molar refractivity (Wildman–Crippen MR) is 117 cm³/mol. The molecule has 3 aromatic rings. The van der Waals surface area contributed by atoms with Gasteiger partial charge in [0.15, 0.2) is 0 Å². The van der Waals surface area contributed by atoms with Crippen molar-refractivity contribution < 1.29 is 14.0 Å². The Morgan fingerprint density at radius 3 is 2.17 bits per heavy atom. The summed E-state index contributed by atoms with van der Waals surface area (Å²) in [6.07, 6.45) is 0.686. The highest BCUT2D eigenvalue weighted by atomic mass is 19.1. The first-order valence-electron chi connectivity index (χ1n) is 9.93. The minimum absolute atomic E-state index is 0.129. The summed E-state index contributed by atoms with van der Waals surface area (Å²) in [4.78, 5) is 25.5. The summed E-state index contributed by atoms with van der Waals surface area (Å²) in [5.41, 5.74) is 3.15. The van der Waals surface area contributed by atoms with Crippen LogP contribution in [-0.2, 0) is 11.2 Å². The molecule has 0 heterocycles. The van der Waals surface area contributed by atoms with E-state index in [0.717, 1.165) is 11.1 Å². The van der Waals surface area contributed by atoms with Gasteiger partial charge in [-0.1, -0.05) is 62.4 Å². The highest BCUT2D eigenvalue weighted by Gasteiger charge is 2.25. The Balaban J connectivity index is 1.74. The van der Waals surface area contributed by atoms with Gasteiger partial charge >= 0.3 is 0 Å². The number of hydrogen-bond donors (Lipinski definition) is 2. The van der Waals surface area contributed by atoms with Gasteiger partial charge in [-0.05, 0) is 53.8 Å². The molecule has 0 radical (unpaired) electrons. The first-order chi connectivity index (χ1) is 14.4. The molecule has 5 heteroatoms. The molecular formula is C25H25FN2O2. The van der Waals surface area contributed by atoms with E-state index in [4.69, 9.17) is 0 Å². The molecule has 0 aromatic heterocycles. The molecular weight excluding hydrogens is 379 g/mol. The molecule has 0 unspecified atom stereocenters. The van der Waals surface area contributed by atoms with Crippen LogP contribution in [0.15, 0.2) is 78.9 Å². The highest BCUT2D eigenvalue weighted by molar-refractivity contribution is 6.01. The maximum atomic E-state index is 13.1. The third-order valence-electron chi connectivity index (χ3n) is 4.85. The standard InChI is InChI=1S/C25H25FN2O2/c1-17(2)23(28-24(29)19-12-14-21(26)15-13-19)25(30)27-22-11-7-6-10-20(22)16-18-8-4-3-5-9-18/h3-15,17,23H,16H2,1-2H3,(H,27,30)(H,28,29)/t23-/m0/s1. The Morgan fingerprint density at radius 1 is 0.867 bits per heavy atom. The zero-order valence-electron chi connectivity index (χ0n) is 17.1. The normalized spacial score (nSPS) is 11.7. The molecule has 0 saturated carbocycles. The monoisotopic (exact) mass is 404 g/mol. The number of carbonyl (C=O) groups is 2. The minimum Gasteiger partial charge on any atom is -0.340 e. The summed E-state index contributed by atoms with van der Waals surface area (Å²) in [5.74, 6) is -1.25. The van der Waals surface area contributed by atoms with Gasteiger partial charge in [0.2, 0.25) is 5.91 Å². The van der Waals surface area contributed by atoms with Crippen molar-refractivity contribution in [1.82, 2.24) is 5.32 Å². The summed E-state index contributed by atoms with van der Waals surface area (Å²) in [7, 11) is 0. The van der Waals surface area contributed by atoms with Gasteiger partial charge in [0.25, 0.3) is 5.91 Å². The fourth-order valence-electron chi connectivity index (χ4n) is 3.18. The average Bonchev–Trinajstić information content (AvgIpc) is 2.74. The maximum absolute atomic E-state index is 13.1. The lowest BCUT2D eigenvalue weighted by Crippen LogP contribution is -2.47. The third-order valence-corrected chi connectivity index (χ3v) is 4.85. The van der Waals surface area contributed by atoms with Crippen molar-refractivity contribution >= 4 is 17.5 Å². The maximum Gasteiger partial charge on any atom is 0.251 e.